The lowest BCUT2D eigenvalue weighted by Crippen LogP contribution is -2.46. The van der Waals surface area contributed by atoms with Crippen molar-refractivity contribution in [3.05, 3.63) is 22.7 Å². The Bertz CT molecular complexity index is 526. The third-order valence-electron chi connectivity index (χ3n) is 3.32. The summed E-state index contributed by atoms with van der Waals surface area (Å²) in [6.45, 7) is 7.40. The van der Waals surface area contributed by atoms with Crippen LogP contribution in [0.1, 0.15) is 31.1 Å². The fourth-order valence-corrected chi connectivity index (χ4v) is 3.01. The van der Waals surface area contributed by atoms with Gasteiger partial charge in [0.2, 0.25) is 0 Å². The Balaban J connectivity index is 2.43. The number of nitrogen functional groups attached to an aromatic ring is 1. The van der Waals surface area contributed by atoms with Crippen LogP contribution in [-0.4, -0.2) is 37.9 Å². The Morgan fingerprint density at radius 3 is 2.62 bits per heavy atom. The number of nitrogens with zero attached hydrogens (tertiary/aromatic N) is 1. The minimum Gasteiger partial charge on any atom is -0.462 e. The van der Waals surface area contributed by atoms with E-state index in [9.17, 15) is 4.79 Å². The molecule has 0 saturated carbocycles. The van der Waals surface area contributed by atoms with Gasteiger partial charge in [0.05, 0.1) is 35.1 Å². The number of anilines is 2. The molecule has 1 aliphatic rings. The number of hydrogen-bond donors (Lipinski definition) is 1. The quantitative estimate of drug-likeness (QED) is 0.686. The van der Waals surface area contributed by atoms with Crippen LogP contribution >= 0.6 is 11.6 Å². The highest BCUT2D eigenvalue weighted by Crippen LogP contribution is 2.34. The molecule has 1 heterocycles. The Kier molecular flexibility index (Phi) is 4.96. The molecule has 1 aliphatic heterocycles. The van der Waals surface area contributed by atoms with E-state index in [-0.39, 0.29) is 12.2 Å². The summed E-state index contributed by atoms with van der Waals surface area (Å²) in [7, 11) is 0. The second kappa shape index (κ2) is 6.54. The van der Waals surface area contributed by atoms with Crippen LogP contribution in [-0.2, 0) is 9.47 Å². The van der Waals surface area contributed by atoms with Crippen LogP contribution in [0, 0.1) is 0 Å². The van der Waals surface area contributed by atoms with E-state index >= 15 is 0 Å². The fraction of sp³-hybridized carbons (Fsp3) is 0.533. The van der Waals surface area contributed by atoms with Gasteiger partial charge in [-0.25, -0.2) is 4.79 Å². The third-order valence-corrected chi connectivity index (χ3v) is 3.61. The molecule has 2 N–H and O–H groups in total. The Morgan fingerprint density at radius 2 is 2.05 bits per heavy atom. The summed E-state index contributed by atoms with van der Waals surface area (Å²) in [6.07, 6.45) is 0.134. The summed E-state index contributed by atoms with van der Waals surface area (Å²) in [4.78, 5) is 14.2. The number of carbonyl (C=O) groups is 1. The van der Waals surface area contributed by atoms with Crippen LogP contribution in [0.2, 0.25) is 5.02 Å². The number of esters is 1. The number of morpholine rings is 1. The zero-order valence-corrected chi connectivity index (χ0v) is 13.3. The van der Waals surface area contributed by atoms with Crippen molar-refractivity contribution in [1.82, 2.24) is 0 Å². The SMILES string of the molecule is CCOC(=O)c1cc(N)cc(Cl)c1N1C[C@@H](C)O[C@@H](C)C1. The van der Waals surface area contributed by atoms with Crippen molar-refractivity contribution >= 4 is 28.9 Å². The van der Waals surface area contributed by atoms with E-state index in [1.807, 2.05) is 13.8 Å². The lowest BCUT2D eigenvalue weighted by Gasteiger charge is -2.38. The summed E-state index contributed by atoms with van der Waals surface area (Å²) in [6, 6.07) is 3.27. The molecule has 1 fully saturated rings. The van der Waals surface area contributed by atoms with Crippen molar-refractivity contribution in [2.45, 2.75) is 33.0 Å². The zero-order valence-electron chi connectivity index (χ0n) is 12.6. The van der Waals surface area contributed by atoms with E-state index in [4.69, 9.17) is 26.8 Å². The number of rotatable bonds is 3. The number of carbonyl (C=O) groups excluding carboxylic acids is 1. The summed E-state index contributed by atoms with van der Waals surface area (Å²) in [5.41, 5.74) is 7.33. The highest BCUT2D eigenvalue weighted by molar-refractivity contribution is 6.34. The highest BCUT2D eigenvalue weighted by Gasteiger charge is 2.28. The van der Waals surface area contributed by atoms with E-state index in [1.54, 1.807) is 19.1 Å². The van der Waals surface area contributed by atoms with Crippen LogP contribution in [0.25, 0.3) is 0 Å². The number of ether oxygens (including phenoxy) is 2. The molecule has 0 amide bonds. The van der Waals surface area contributed by atoms with Crippen molar-refractivity contribution in [2.24, 2.45) is 0 Å². The van der Waals surface area contributed by atoms with E-state index in [2.05, 4.69) is 4.90 Å². The third kappa shape index (κ3) is 3.60. The monoisotopic (exact) mass is 312 g/mol. The Hall–Kier alpha value is -1.46. The number of benzene rings is 1. The average Bonchev–Trinajstić information content (AvgIpc) is 2.36. The summed E-state index contributed by atoms with van der Waals surface area (Å²) < 4.78 is 10.8. The predicted molar refractivity (Wildman–Crippen MR) is 84.0 cm³/mol. The average molecular weight is 313 g/mol. The normalized spacial score (nSPS) is 22.2. The second-order valence-electron chi connectivity index (χ2n) is 5.28. The molecule has 116 valence electrons. The Morgan fingerprint density at radius 1 is 1.43 bits per heavy atom. The summed E-state index contributed by atoms with van der Waals surface area (Å²) in [5.74, 6) is -0.409. The second-order valence-corrected chi connectivity index (χ2v) is 5.69. The largest absolute Gasteiger partial charge is 0.462 e. The molecule has 1 aromatic carbocycles. The van der Waals surface area contributed by atoms with Gasteiger partial charge in [-0.3, -0.25) is 0 Å². The maximum atomic E-state index is 12.2. The molecular weight excluding hydrogens is 292 g/mol. The molecule has 0 bridgehead atoms. The van der Waals surface area contributed by atoms with Crippen molar-refractivity contribution in [3.8, 4) is 0 Å². The minimum absolute atomic E-state index is 0.0671. The van der Waals surface area contributed by atoms with Crippen molar-refractivity contribution < 1.29 is 14.3 Å². The predicted octanol–water partition coefficient (Wildman–Crippen LogP) is 2.71. The molecule has 0 radical (unpaired) electrons. The lowest BCUT2D eigenvalue weighted by molar-refractivity contribution is -0.00534. The highest BCUT2D eigenvalue weighted by atomic mass is 35.5. The molecule has 0 unspecified atom stereocenters. The summed E-state index contributed by atoms with van der Waals surface area (Å²) in [5, 5.41) is 0.458. The molecule has 2 atom stereocenters. The number of hydrogen-bond acceptors (Lipinski definition) is 5. The molecule has 5 nitrogen and oxygen atoms in total. The fourth-order valence-electron chi connectivity index (χ4n) is 2.67. The van der Waals surface area contributed by atoms with Gasteiger partial charge in [0.25, 0.3) is 0 Å². The topological polar surface area (TPSA) is 64.8 Å². The molecule has 21 heavy (non-hydrogen) atoms. The first kappa shape index (κ1) is 15.9. The first-order chi connectivity index (χ1) is 9.92. The van der Waals surface area contributed by atoms with Gasteiger partial charge in [0.1, 0.15) is 0 Å². The molecule has 0 aliphatic carbocycles. The molecule has 0 spiro atoms. The van der Waals surface area contributed by atoms with Gasteiger partial charge in [-0.1, -0.05) is 11.6 Å². The van der Waals surface area contributed by atoms with Gasteiger partial charge in [0.15, 0.2) is 0 Å². The molecule has 2 rings (SSSR count). The molecule has 1 aromatic rings. The van der Waals surface area contributed by atoms with E-state index in [0.29, 0.717) is 41.7 Å². The lowest BCUT2D eigenvalue weighted by atomic mass is 10.1. The maximum Gasteiger partial charge on any atom is 0.340 e. The first-order valence-electron chi connectivity index (χ1n) is 7.09. The standard InChI is InChI=1S/C15H21ClN2O3/c1-4-20-15(19)12-5-11(17)6-13(16)14(12)18-7-9(2)21-10(3)8-18/h5-6,9-10H,4,7-8,17H2,1-3H3/t9-,10+. The Labute approximate surface area is 130 Å². The smallest absolute Gasteiger partial charge is 0.340 e. The molecule has 1 saturated heterocycles. The zero-order chi connectivity index (χ0) is 15.6. The molecular formula is C15H21ClN2O3. The van der Waals surface area contributed by atoms with Crippen molar-refractivity contribution in [1.29, 1.82) is 0 Å². The van der Waals surface area contributed by atoms with Gasteiger partial charge in [-0.15, -0.1) is 0 Å². The van der Waals surface area contributed by atoms with Gasteiger partial charge in [-0.2, -0.15) is 0 Å². The minimum atomic E-state index is -0.409. The molecule has 6 heteroatoms. The van der Waals surface area contributed by atoms with E-state index < -0.39 is 5.97 Å². The van der Waals surface area contributed by atoms with Crippen LogP contribution in [0.15, 0.2) is 12.1 Å². The van der Waals surface area contributed by atoms with Gasteiger partial charge < -0.3 is 20.1 Å². The van der Waals surface area contributed by atoms with Crippen LogP contribution < -0.4 is 10.6 Å². The summed E-state index contributed by atoms with van der Waals surface area (Å²) >= 11 is 6.34. The van der Waals surface area contributed by atoms with Crippen LogP contribution in [0.5, 0.6) is 0 Å². The number of nitrogens with two attached hydrogens (primary N) is 1. The van der Waals surface area contributed by atoms with Gasteiger partial charge >= 0.3 is 5.97 Å². The van der Waals surface area contributed by atoms with Crippen LogP contribution in [0.4, 0.5) is 11.4 Å². The van der Waals surface area contributed by atoms with Gasteiger partial charge in [-0.05, 0) is 32.9 Å². The first-order valence-corrected chi connectivity index (χ1v) is 7.46. The van der Waals surface area contributed by atoms with Crippen molar-refractivity contribution in [3.63, 3.8) is 0 Å². The molecule has 0 aromatic heterocycles. The van der Waals surface area contributed by atoms with E-state index in [0.717, 1.165) is 0 Å². The van der Waals surface area contributed by atoms with Gasteiger partial charge in [0, 0.05) is 18.8 Å². The van der Waals surface area contributed by atoms with E-state index in [1.165, 1.54) is 0 Å². The van der Waals surface area contributed by atoms with Crippen molar-refractivity contribution in [2.75, 3.05) is 30.3 Å². The van der Waals surface area contributed by atoms with Crippen LogP contribution in [0.3, 0.4) is 0 Å². The number of halogens is 1. The maximum absolute atomic E-state index is 12.2.